The predicted molar refractivity (Wildman–Crippen MR) is 79.2 cm³/mol. The fourth-order valence-electron chi connectivity index (χ4n) is 3.21. The summed E-state index contributed by atoms with van der Waals surface area (Å²) in [6, 6.07) is -1.24. The normalized spacial score (nSPS) is 23.9. The van der Waals surface area contributed by atoms with Crippen LogP contribution in [0, 0.1) is 0 Å². The fraction of sp³-hybridized carbons (Fsp3) is 0.714. The van der Waals surface area contributed by atoms with Crippen LogP contribution < -0.4 is 11.1 Å². The van der Waals surface area contributed by atoms with Crippen molar-refractivity contribution in [3.63, 3.8) is 0 Å². The summed E-state index contributed by atoms with van der Waals surface area (Å²) in [6.45, 7) is 0.312. The molecule has 2 rings (SSSR count). The van der Waals surface area contributed by atoms with Gasteiger partial charge in [-0.2, -0.15) is 0 Å². The van der Waals surface area contributed by atoms with Crippen LogP contribution in [0.1, 0.15) is 25.7 Å². The van der Waals surface area contributed by atoms with E-state index in [4.69, 9.17) is 10.8 Å². The van der Waals surface area contributed by atoms with E-state index in [1.807, 2.05) is 0 Å². The molecule has 0 radical (unpaired) electrons. The number of rotatable bonds is 5. The number of carbonyl (C=O) groups excluding carboxylic acids is 3. The Balaban J connectivity index is 2.04. The Morgan fingerprint density at radius 2 is 1.65 bits per heavy atom. The molecule has 3 amide bonds. The van der Waals surface area contributed by atoms with Gasteiger partial charge in [-0.3, -0.25) is 19.2 Å². The second-order valence-corrected chi connectivity index (χ2v) is 5.75. The number of nitrogens with one attached hydrogen (secondary N) is 1. The third-order valence-electron chi connectivity index (χ3n) is 4.29. The van der Waals surface area contributed by atoms with Gasteiger partial charge in [-0.05, 0) is 25.7 Å². The summed E-state index contributed by atoms with van der Waals surface area (Å²) in [4.78, 5) is 50.1. The molecule has 2 heterocycles. The lowest BCUT2D eigenvalue weighted by Crippen LogP contribution is -2.53. The topological polar surface area (TPSA) is 133 Å². The molecule has 9 nitrogen and oxygen atoms in total. The molecule has 2 atom stereocenters. The number of carbonyl (C=O) groups is 4. The molecule has 0 spiro atoms. The first-order valence-corrected chi connectivity index (χ1v) is 7.75. The van der Waals surface area contributed by atoms with Crippen LogP contribution in [0.25, 0.3) is 0 Å². The smallest absolute Gasteiger partial charge is 0.322 e. The number of hydrogen-bond donors (Lipinski definition) is 3. The lowest BCUT2D eigenvalue weighted by atomic mass is 10.1. The highest BCUT2D eigenvalue weighted by Crippen LogP contribution is 2.24. The Bertz CT molecular complexity index is 509. The molecule has 0 bridgehead atoms. The van der Waals surface area contributed by atoms with Crippen molar-refractivity contribution < 1.29 is 24.3 Å². The minimum absolute atomic E-state index is 0.147. The molecule has 2 fully saturated rings. The Morgan fingerprint density at radius 3 is 2.26 bits per heavy atom. The van der Waals surface area contributed by atoms with Gasteiger partial charge in [0.1, 0.15) is 18.6 Å². The van der Waals surface area contributed by atoms with Crippen LogP contribution in [0.2, 0.25) is 0 Å². The van der Waals surface area contributed by atoms with Gasteiger partial charge in [0.15, 0.2) is 0 Å². The van der Waals surface area contributed by atoms with E-state index < -0.39 is 30.5 Å². The number of aliphatic carboxylic acids is 1. The second-order valence-electron chi connectivity index (χ2n) is 5.75. The van der Waals surface area contributed by atoms with E-state index >= 15 is 0 Å². The van der Waals surface area contributed by atoms with Crippen molar-refractivity contribution in [2.24, 2.45) is 5.73 Å². The summed E-state index contributed by atoms with van der Waals surface area (Å²) < 4.78 is 0. The second kappa shape index (κ2) is 7.40. The van der Waals surface area contributed by atoms with Gasteiger partial charge in [0.2, 0.25) is 17.7 Å². The van der Waals surface area contributed by atoms with Crippen LogP contribution in [0.15, 0.2) is 0 Å². The maximum Gasteiger partial charge on any atom is 0.322 e. The first kappa shape index (κ1) is 17.2. The number of hydrogen-bond acceptors (Lipinski definition) is 5. The van der Waals surface area contributed by atoms with Crippen LogP contribution in [0.5, 0.6) is 0 Å². The zero-order valence-electron chi connectivity index (χ0n) is 12.9. The largest absolute Gasteiger partial charge is 0.480 e. The number of likely N-dealkylation sites (tertiary alicyclic amines) is 2. The molecular formula is C14H22N4O5. The van der Waals surface area contributed by atoms with E-state index in [0.717, 1.165) is 6.42 Å². The lowest BCUT2D eigenvalue weighted by molar-refractivity contribution is -0.146. The molecule has 0 aromatic rings. The maximum atomic E-state index is 12.7. The Hall–Kier alpha value is -2.16. The SMILES string of the molecule is NCC(=O)N1CCCC1C(=O)N1CCCC1C(=O)NCC(=O)O. The van der Waals surface area contributed by atoms with Gasteiger partial charge < -0.3 is 26.0 Å². The van der Waals surface area contributed by atoms with E-state index in [1.54, 1.807) is 0 Å². The third kappa shape index (κ3) is 3.79. The molecule has 0 saturated carbocycles. The van der Waals surface area contributed by atoms with Crippen molar-refractivity contribution in [1.29, 1.82) is 0 Å². The number of nitrogens with zero attached hydrogens (tertiary/aromatic N) is 2. The fourth-order valence-corrected chi connectivity index (χ4v) is 3.21. The van der Waals surface area contributed by atoms with E-state index in [2.05, 4.69) is 5.32 Å². The molecule has 2 unspecified atom stereocenters. The van der Waals surface area contributed by atoms with Crippen LogP contribution in [0.3, 0.4) is 0 Å². The first-order chi connectivity index (χ1) is 11.0. The van der Waals surface area contributed by atoms with Crippen molar-refractivity contribution >= 4 is 23.7 Å². The average molecular weight is 326 g/mol. The highest BCUT2D eigenvalue weighted by molar-refractivity contribution is 5.93. The quantitative estimate of drug-likeness (QED) is 0.542. The third-order valence-corrected chi connectivity index (χ3v) is 4.29. The molecular weight excluding hydrogens is 304 g/mol. The first-order valence-electron chi connectivity index (χ1n) is 7.75. The number of amides is 3. The highest BCUT2D eigenvalue weighted by atomic mass is 16.4. The molecule has 9 heteroatoms. The van der Waals surface area contributed by atoms with E-state index in [0.29, 0.717) is 32.4 Å². The van der Waals surface area contributed by atoms with E-state index in [-0.39, 0.29) is 18.4 Å². The molecule has 2 saturated heterocycles. The molecule has 0 aromatic heterocycles. The van der Waals surface area contributed by atoms with Crippen molar-refractivity contribution in [2.75, 3.05) is 26.2 Å². The molecule has 2 aliphatic heterocycles. The number of carboxylic acid groups (broad SMARTS) is 1. The van der Waals surface area contributed by atoms with Gasteiger partial charge in [0.25, 0.3) is 0 Å². The van der Waals surface area contributed by atoms with Crippen molar-refractivity contribution in [2.45, 2.75) is 37.8 Å². The summed E-state index contributed by atoms with van der Waals surface area (Å²) in [5, 5.41) is 10.9. The van der Waals surface area contributed by atoms with Gasteiger partial charge >= 0.3 is 5.97 Å². The Morgan fingerprint density at radius 1 is 1.04 bits per heavy atom. The Labute approximate surface area is 133 Å². The minimum atomic E-state index is -1.13. The monoisotopic (exact) mass is 326 g/mol. The standard InChI is InChI=1S/C14H22N4O5/c15-7-11(19)17-5-2-4-10(17)14(23)18-6-1-3-9(18)13(22)16-8-12(20)21/h9-10H,1-8,15H2,(H,16,22)(H,20,21). The molecule has 0 aliphatic carbocycles. The summed E-state index contributed by atoms with van der Waals surface area (Å²) in [5.41, 5.74) is 5.38. The summed E-state index contributed by atoms with van der Waals surface area (Å²) >= 11 is 0. The molecule has 23 heavy (non-hydrogen) atoms. The number of nitrogens with two attached hydrogens (primary N) is 1. The van der Waals surface area contributed by atoms with E-state index in [9.17, 15) is 19.2 Å². The van der Waals surface area contributed by atoms with Crippen LogP contribution in [0.4, 0.5) is 0 Å². The van der Waals surface area contributed by atoms with Crippen LogP contribution in [-0.2, 0) is 19.2 Å². The maximum absolute atomic E-state index is 12.7. The Kier molecular flexibility index (Phi) is 5.54. The molecule has 2 aliphatic rings. The van der Waals surface area contributed by atoms with Gasteiger partial charge in [0, 0.05) is 13.1 Å². The van der Waals surface area contributed by atoms with Gasteiger partial charge in [-0.1, -0.05) is 0 Å². The molecule has 0 aromatic carbocycles. The predicted octanol–water partition coefficient (Wildman–Crippen LogP) is -1.87. The summed E-state index contributed by atoms with van der Waals surface area (Å²) in [5.74, 6) is -2.12. The van der Waals surface area contributed by atoms with Gasteiger partial charge in [-0.25, -0.2) is 0 Å². The zero-order valence-corrected chi connectivity index (χ0v) is 12.9. The summed E-state index contributed by atoms with van der Waals surface area (Å²) in [7, 11) is 0. The van der Waals surface area contributed by atoms with Gasteiger partial charge in [-0.15, -0.1) is 0 Å². The van der Waals surface area contributed by atoms with Gasteiger partial charge in [0.05, 0.1) is 6.54 Å². The van der Waals surface area contributed by atoms with Crippen LogP contribution >= 0.6 is 0 Å². The lowest BCUT2D eigenvalue weighted by Gasteiger charge is -2.30. The average Bonchev–Trinajstić information content (AvgIpc) is 3.19. The highest BCUT2D eigenvalue weighted by Gasteiger charge is 2.41. The van der Waals surface area contributed by atoms with Crippen molar-refractivity contribution in [3.8, 4) is 0 Å². The minimum Gasteiger partial charge on any atom is -0.480 e. The van der Waals surface area contributed by atoms with Crippen LogP contribution in [-0.4, -0.2) is 76.9 Å². The number of carboxylic acids is 1. The van der Waals surface area contributed by atoms with Crippen molar-refractivity contribution in [3.05, 3.63) is 0 Å². The van der Waals surface area contributed by atoms with E-state index in [1.165, 1.54) is 9.80 Å². The molecule has 4 N–H and O–H groups in total. The summed E-state index contributed by atoms with van der Waals surface area (Å²) in [6.07, 6.45) is 2.46. The van der Waals surface area contributed by atoms with Crippen molar-refractivity contribution in [1.82, 2.24) is 15.1 Å². The zero-order chi connectivity index (χ0) is 17.0. The molecule has 128 valence electrons.